The molecule has 0 amide bonds. The van der Waals surface area contributed by atoms with Crippen molar-refractivity contribution in [1.82, 2.24) is 0 Å². The van der Waals surface area contributed by atoms with E-state index in [0.29, 0.717) is 12.0 Å². The summed E-state index contributed by atoms with van der Waals surface area (Å²) in [7, 11) is 0. The number of rotatable bonds is 2. The molecule has 9 nitrogen and oxygen atoms in total. The van der Waals surface area contributed by atoms with Crippen LogP contribution in [-0.2, 0) is 28.6 Å². The first-order chi connectivity index (χ1) is 20.5. The van der Waals surface area contributed by atoms with Crippen LogP contribution in [0.1, 0.15) is 74.1 Å². The Kier molecular flexibility index (Phi) is 6.22. The highest BCUT2D eigenvalue weighted by atomic mass is 16.6. The largest absolute Gasteiger partial charge is 0.461 e. The van der Waals surface area contributed by atoms with E-state index in [0.717, 1.165) is 5.57 Å². The van der Waals surface area contributed by atoms with Crippen LogP contribution < -0.4 is 0 Å². The molecule has 0 aromatic rings. The topological polar surface area (TPSA) is 140 Å². The number of carbonyl (C=O) groups is 3. The molecule has 44 heavy (non-hydrogen) atoms. The summed E-state index contributed by atoms with van der Waals surface area (Å²) < 4.78 is 18.6. The molecule has 3 saturated carbocycles. The highest BCUT2D eigenvalue weighted by Gasteiger charge is 2.85. The zero-order valence-corrected chi connectivity index (χ0v) is 26.7. The summed E-state index contributed by atoms with van der Waals surface area (Å²) in [6.45, 7) is 12.7. The van der Waals surface area contributed by atoms with Crippen LogP contribution in [0.5, 0.6) is 0 Å². The maximum Gasteiger partial charge on any atom is 0.333 e. The summed E-state index contributed by atoms with van der Waals surface area (Å²) in [6, 6.07) is 0. The number of aliphatic hydroxyl groups excluding tert-OH is 1. The van der Waals surface area contributed by atoms with E-state index in [1.165, 1.54) is 0 Å². The van der Waals surface area contributed by atoms with Crippen LogP contribution in [-0.4, -0.2) is 68.8 Å². The fraction of sp³-hybridized carbons (Fsp3) is 0.743. The summed E-state index contributed by atoms with van der Waals surface area (Å²) in [4.78, 5) is 40.8. The first-order valence-electron chi connectivity index (χ1n) is 16.2. The molecule has 2 aliphatic heterocycles. The van der Waals surface area contributed by atoms with Gasteiger partial charge in [0.05, 0.1) is 28.6 Å². The van der Waals surface area contributed by atoms with Gasteiger partial charge in [-0.3, -0.25) is 9.59 Å². The van der Waals surface area contributed by atoms with E-state index in [2.05, 4.69) is 6.08 Å². The molecule has 2 bridgehead atoms. The molecule has 0 unspecified atom stereocenters. The predicted octanol–water partition coefficient (Wildman–Crippen LogP) is 3.41. The van der Waals surface area contributed by atoms with Gasteiger partial charge in [-0.1, -0.05) is 43.7 Å². The number of carbonyl (C=O) groups excluding carboxylic acids is 3. The molecule has 9 heteroatoms. The van der Waals surface area contributed by atoms with E-state index in [1.807, 2.05) is 26.0 Å². The van der Waals surface area contributed by atoms with Crippen LogP contribution in [0.15, 0.2) is 35.5 Å². The zero-order chi connectivity index (χ0) is 31.9. The van der Waals surface area contributed by atoms with Gasteiger partial charge in [0.25, 0.3) is 0 Å². The van der Waals surface area contributed by atoms with Gasteiger partial charge < -0.3 is 29.5 Å². The molecule has 0 aromatic carbocycles. The van der Waals surface area contributed by atoms with E-state index in [1.54, 1.807) is 40.7 Å². The second kappa shape index (κ2) is 9.07. The Balaban J connectivity index is 1.38. The van der Waals surface area contributed by atoms with Crippen LogP contribution in [0, 0.1) is 51.8 Å². The van der Waals surface area contributed by atoms with Gasteiger partial charge in [0.1, 0.15) is 18.3 Å². The minimum Gasteiger partial charge on any atom is -0.461 e. The van der Waals surface area contributed by atoms with Crippen molar-refractivity contribution < 1.29 is 43.9 Å². The predicted molar refractivity (Wildman–Crippen MR) is 157 cm³/mol. The quantitative estimate of drug-likeness (QED) is 0.186. The Morgan fingerprint density at radius 1 is 1.09 bits per heavy atom. The maximum atomic E-state index is 14.5. The Hall–Kier alpha value is -2.49. The Bertz CT molecular complexity index is 1420. The summed E-state index contributed by atoms with van der Waals surface area (Å²) in [5.41, 5.74) is -4.39. The van der Waals surface area contributed by atoms with Gasteiger partial charge in [0, 0.05) is 58.8 Å². The molecular weight excluding hydrogens is 564 g/mol. The van der Waals surface area contributed by atoms with E-state index in [4.69, 9.17) is 14.2 Å². The van der Waals surface area contributed by atoms with Crippen LogP contribution in [0.4, 0.5) is 0 Å². The lowest BCUT2D eigenvalue weighted by atomic mass is 9.54. The van der Waals surface area contributed by atoms with Crippen molar-refractivity contribution in [2.75, 3.05) is 0 Å². The average molecular weight is 611 g/mol. The normalized spacial score (nSPS) is 55.4. The summed E-state index contributed by atoms with van der Waals surface area (Å²) in [5, 5.41) is 36.2. The molecule has 7 aliphatic rings. The molecule has 2 saturated heterocycles. The van der Waals surface area contributed by atoms with Gasteiger partial charge in [-0.15, -0.1) is 0 Å². The third-order valence-electron chi connectivity index (χ3n) is 13.8. The summed E-state index contributed by atoms with van der Waals surface area (Å²) >= 11 is 0. The van der Waals surface area contributed by atoms with Crippen molar-refractivity contribution in [3.8, 4) is 0 Å². The smallest absolute Gasteiger partial charge is 0.333 e. The van der Waals surface area contributed by atoms with Gasteiger partial charge in [-0.05, 0) is 47.5 Å². The average Bonchev–Trinajstić information content (AvgIpc) is 3.66. The van der Waals surface area contributed by atoms with Gasteiger partial charge in [0.2, 0.25) is 0 Å². The second-order valence-electron chi connectivity index (χ2n) is 15.8. The maximum absolute atomic E-state index is 14.5. The fourth-order valence-electron chi connectivity index (χ4n) is 11.5. The van der Waals surface area contributed by atoms with Crippen molar-refractivity contribution in [1.29, 1.82) is 0 Å². The monoisotopic (exact) mass is 610 g/mol. The van der Waals surface area contributed by atoms with Crippen LogP contribution in [0.3, 0.4) is 0 Å². The van der Waals surface area contributed by atoms with E-state index in [9.17, 15) is 29.7 Å². The molecule has 1 spiro atoms. The number of hydrogen-bond acceptors (Lipinski definition) is 9. The summed E-state index contributed by atoms with van der Waals surface area (Å²) in [5.74, 6) is -4.04. The first kappa shape index (κ1) is 30.2. The molecule has 15 atom stereocenters. The van der Waals surface area contributed by atoms with E-state index < -0.39 is 93.4 Å². The zero-order valence-electron chi connectivity index (χ0n) is 26.7. The lowest BCUT2D eigenvalue weighted by Crippen LogP contribution is -2.53. The lowest BCUT2D eigenvalue weighted by molar-refractivity contribution is -0.159. The Morgan fingerprint density at radius 3 is 2.48 bits per heavy atom. The van der Waals surface area contributed by atoms with Crippen molar-refractivity contribution in [2.45, 2.75) is 110 Å². The van der Waals surface area contributed by atoms with Crippen LogP contribution in [0.25, 0.3) is 0 Å². The molecule has 7 rings (SSSR count). The molecular formula is C35H46O9. The van der Waals surface area contributed by atoms with Gasteiger partial charge in [0.15, 0.2) is 0 Å². The number of aliphatic hydroxyl groups is 3. The van der Waals surface area contributed by atoms with Crippen molar-refractivity contribution in [2.24, 2.45) is 51.8 Å². The minimum atomic E-state index is -1.47. The number of fused-ring (bicyclic) bond motifs is 6. The molecule has 0 radical (unpaired) electrons. The number of ether oxygens (including phenoxy) is 3. The van der Waals surface area contributed by atoms with E-state index in [-0.39, 0.29) is 31.1 Å². The molecule has 5 fully saturated rings. The molecule has 3 N–H and O–H groups in total. The highest BCUT2D eigenvalue weighted by Crippen LogP contribution is 2.80. The van der Waals surface area contributed by atoms with Crippen molar-refractivity contribution in [3.63, 3.8) is 0 Å². The van der Waals surface area contributed by atoms with E-state index >= 15 is 0 Å². The third-order valence-corrected chi connectivity index (χ3v) is 13.8. The van der Waals surface area contributed by atoms with Crippen molar-refractivity contribution in [3.05, 3.63) is 35.5 Å². The number of hydrogen-bond donors (Lipinski definition) is 3. The minimum absolute atomic E-state index is 0.0534. The standard InChI is InChI=1S/C35H46O9/c1-8-16(2)28(37)42-21-14-33(7,41)34-12-11-31(5,27(34)26-23(21)18(4)29(38)43-26)35(15-34)24-20(36)13-32(6,40)19-10-9-17(3)22(19)25(24)44-30(35)39/h8-9,11-12,18-27,36,40-41H,10,13-15H2,1-7H3/b16-8+/t18-,19+,20-,21-,22-,23+,24+,25+,26-,27-,31+,32+,33+,34-,35-/m0/s1. The third kappa shape index (κ3) is 3.39. The fourth-order valence-corrected chi connectivity index (χ4v) is 11.5. The van der Waals surface area contributed by atoms with Crippen LogP contribution in [0.2, 0.25) is 0 Å². The van der Waals surface area contributed by atoms with Gasteiger partial charge in [-0.2, -0.15) is 0 Å². The van der Waals surface area contributed by atoms with Gasteiger partial charge in [-0.25, -0.2) is 4.79 Å². The molecule has 240 valence electrons. The highest BCUT2D eigenvalue weighted by molar-refractivity contribution is 5.88. The first-order valence-corrected chi connectivity index (χ1v) is 16.2. The molecule has 2 heterocycles. The Morgan fingerprint density at radius 2 is 1.80 bits per heavy atom. The summed E-state index contributed by atoms with van der Waals surface area (Å²) in [6.07, 6.45) is 5.54. The SMILES string of the molecule is C/C=C(\C)C(=O)O[C@H]1C[C@@](C)(O)[C@]23C=C[C@](C)([C@@H]2[C@H]2OC(=O)[C@@H](C)[C@@H]21)[C@]1(C3)C(=O)O[C@@H]2[C@H]3C(C)=CC[C@H]3[C@](C)(O)C[C@H](O)[C@H]21. The van der Waals surface area contributed by atoms with Crippen molar-refractivity contribution >= 4 is 17.9 Å². The van der Waals surface area contributed by atoms with Gasteiger partial charge >= 0.3 is 17.9 Å². The Labute approximate surface area is 258 Å². The lowest BCUT2D eigenvalue weighted by Gasteiger charge is -2.46. The molecule has 0 aromatic heterocycles. The molecule has 5 aliphatic carbocycles. The van der Waals surface area contributed by atoms with Crippen LogP contribution >= 0.6 is 0 Å². The number of allylic oxidation sites excluding steroid dienone is 3. The number of esters is 3. The second-order valence-corrected chi connectivity index (χ2v) is 15.8.